The predicted octanol–water partition coefficient (Wildman–Crippen LogP) is 2.83. The zero-order valence-electron chi connectivity index (χ0n) is 13.6. The van der Waals surface area contributed by atoms with Gasteiger partial charge in [-0.05, 0) is 27.7 Å². The van der Waals surface area contributed by atoms with Crippen LogP contribution in [0.1, 0.15) is 27.7 Å². The molecule has 8 heteroatoms. The summed E-state index contributed by atoms with van der Waals surface area (Å²) in [6.45, 7) is 6.52. The lowest BCUT2D eigenvalue weighted by Gasteiger charge is -2.22. The fourth-order valence-corrected chi connectivity index (χ4v) is 1.64. The van der Waals surface area contributed by atoms with Crippen LogP contribution in [-0.2, 0) is 9.53 Å². The van der Waals surface area contributed by atoms with Gasteiger partial charge in [0.2, 0.25) is 0 Å². The molecular weight excluding hydrogens is 310 g/mol. The highest BCUT2D eigenvalue weighted by Crippen LogP contribution is 2.25. The van der Waals surface area contributed by atoms with Gasteiger partial charge in [0.1, 0.15) is 11.6 Å². The van der Waals surface area contributed by atoms with Crippen LogP contribution >= 0.6 is 0 Å². The molecule has 0 saturated heterocycles. The summed E-state index contributed by atoms with van der Waals surface area (Å²) < 4.78 is 36.7. The minimum atomic E-state index is -0.956. The van der Waals surface area contributed by atoms with E-state index in [0.717, 1.165) is 19.2 Å². The SMILES string of the molecule is COc1c(F)cc(NC(=O)N[C@@H](C)C(=O)OC(C)(C)C)cc1F. The summed E-state index contributed by atoms with van der Waals surface area (Å²) in [6.07, 6.45) is 0. The molecule has 0 saturated carbocycles. The second-order valence-electron chi connectivity index (χ2n) is 5.83. The van der Waals surface area contributed by atoms with Gasteiger partial charge in [-0.1, -0.05) is 0 Å². The van der Waals surface area contributed by atoms with E-state index >= 15 is 0 Å². The summed E-state index contributed by atoms with van der Waals surface area (Å²) in [5.41, 5.74) is -0.805. The number of methoxy groups -OCH3 is 1. The number of ether oxygens (including phenoxy) is 2. The summed E-state index contributed by atoms with van der Waals surface area (Å²) in [6, 6.07) is 0.0775. The number of nitrogens with one attached hydrogen (secondary N) is 2. The molecule has 1 rings (SSSR count). The van der Waals surface area contributed by atoms with Gasteiger partial charge in [0.25, 0.3) is 0 Å². The van der Waals surface area contributed by atoms with E-state index in [1.807, 2.05) is 0 Å². The molecular formula is C15H20F2N2O4. The summed E-state index contributed by atoms with van der Waals surface area (Å²) in [4.78, 5) is 23.5. The molecule has 6 nitrogen and oxygen atoms in total. The molecule has 0 radical (unpaired) electrons. The zero-order valence-corrected chi connectivity index (χ0v) is 13.6. The number of carbonyl (C=O) groups excluding carboxylic acids is 2. The van der Waals surface area contributed by atoms with Gasteiger partial charge in [-0.3, -0.25) is 0 Å². The van der Waals surface area contributed by atoms with Crippen molar-refractivity contribution in [3.63, 3.8) is 0 Å². The van der Waals surface area contributed by atoms with Crippen LogP contribution in [0.5, 0.6) is 5.75 Å². The first-order chi connectivity index (χ1) is 10.5. The average Bonchev–Trinajstić information content (AvgIpc) is 2.35. The normalized spacial score (nSPS) is 12.3. The van der Waals surface area contributed by atoms with Crippen molar-refractivity contribution < 1.29 is 27.8 Å². The van der Waals surface area contributed by atoms with Gasteiger partial charge < -0.3 is 20.1 Å². The van der Waals surface area contributed by atoms with Crippen LogP contribution in [0.4, 0.5) is 19.3 Å². The molecule has 0 bridgehead atoms. The lowest BCUT2D eigenvalue weighted by Crippen LogP contribution is -2.44. The Kier molecular flexibility index (Phi) is 5.89. The Bertz CT molecular complexity index is 577. The lowest BCUT2D eigenvalue weighted by atomic mass is 10.2. The number of benzene rings is 1. The van der Waals surface area contributed by atoms with Crippen LogP contribution in [0, 0.1) is 11.6 Å². The van der Waals surface area contributed by atoms with Gasteiger partial charge in [0, 0.05) is 17.8 Å². The summed E-state index contributed by atoms with van der Waals surface area (Å²) >= 11 is 0. The highest BCUT2D eigenvalue weighted by Gasteiger charge is 2.23. The van der Waals surface area contributed by atoms with E-state index in [0.29, 0.717) is 0 Å². The monoisotopic (exact) mass is 330 g/mol. The number of carbonyl (C=O) groups is 2. The molecule has 23 heavy (non-hydrogen) atoms. The molecule has 0 aliphatic heterocycles. The predicted molar refractivity (Wildman–Crippen MR) is 80.4 cm³/mol. The molecule has 0 unspecified atom stereocenters. The Morgan fingerprint density at radius 2 is 1.70 bits per heavy atom. The van der Waals surface area contributed by atoms with Crippen molar-refractivity contribution in [2.45, 2.75) is 39.3 Å². The Morgan fingerprint density at radius 1 is 1.17 bits per heavy atom. The van der Waals surface area contributed by atoms with Gasteiger partial charge in [-0.2, -0.15) is 0 Å². The number of hydrogen-bond acceptors (Lipinski definition) is 4. The van der Waals surface area contributed by atoms with E-state index in [-0.39, 0.29) is 5.69 Å². The summed E-state index contributed by atoms with van der Waals surface area (Å²) in [5.74, 6) is -3.08. The van der Waals surface area contributed by atoms with Crippen LogP contribution in [0.15, 0.2) is 12.1 Å². The maximum absolute atomic E-state index is 13.5. The summed E-state index contributed by atoms with van der Waals surface area (Å²) in [5, 5.41) is 4.55. The number of hydrogen-bond donors (Lipinski definition) is 2. The van der Waals surface area contributed by atoms with Crippen LogP contribution in [0.2, 0.25) is 0 Å². The van der Waals surface area contributed by atoms with Crippen molar-refractivity contribution in [1.82, 2.24) is 5.32 Å². The largest absolute Gasteiger partial charge is 0.491 e. The Balaban J connectivity index is 2.69. The molecule has 0 aliphatic carbocycles. The Morgan fingerprint density at radius 3 is 2.13 bits per heavy atom. The molecule has 1 aromatic carbocycles. The van der Waals surface area contributed by atoms with Crippen LogP contribution in [0.25, 0.3) is 0 Å². The van der Waals surface area contributed by atoms with E-state index in [9.17, 15) is 18.4 Å². The van der Waals surface area contributed by atoms with E-state index < -0.39 is 41.0 Å². The molecule has 1 aromatic rings. The minimum absolute atomic E-state index is 0.116. The van der Waals surface area contributed by atoms with Gasteiger partial charge in [-0.15, -0.1) is 0 Å². The molecule has 0 spiro atoms. The smallest absolute Gasteiger partial charge is 0.328 e. The van der Waals surface area contributed by atoms with Crippen molar-refractivity contribution in [2.24, 2.45) is 0 Å². The van der Waals surface area contributed by atoms with Crippen molar-refractivity contribution in [1.29, 1.82) is 0 Å². The van der Waals surface area contributed by atoms with Crippen molar-refractivity contribution >= 4 is 17.7 Å². The third-order valence-electron chi connectivity index (χ3n) is 2.57. The maximum atomic E-state index is 13.5. The van der Waals surface area contributed by atoms with E-state index in [1.165, 1.54) is 6.92 Å². The highest BCUT2D eigenvalue weighted by molar-refractivity contribution is 5.92. The number of anilines is 1. The molecule has 1 atom stereocenters. The molecule has 0 aliphatic rings. The highest BCUT2D eigenvalue weighted by atomic mass is 19.1. The molecule has 0 fully saturated rings. The molecule has 0 heterocycles. The Hall–Kier alpha value is -2.38. The average molecular weight is 330 g/mol. The van der Waals surface area contributed by atoms with Crippen LogP contribution < -0.4 is 15.4 Å². The van der Waals surface area contributed by atoms with Crippen molar-refractivity contribution in [2.75, 3.05) is 12.4 Å². The third-order valence-corrected chi connectivity index (χ3v) is 2.57. The van der Waals surface area contributed by atoms with E-state index in [2.05, 4.69) is 15.4 Å². The minimum Gasteiger partial charge on any atom is -0.491 e. The third kappa shape index (κ3) is 5.72. The second-order valence-corrected chi connectivity index (χ2v) is 5.83. The first-order valence-corrected chi connectivity index (χ1v) is 6.87. The first-order valence-electron chi connectivity index (χ1n) is 6.87. The van der Waals surface area contributed by atoms with Gasteiger partial charge in [0.15, 0.2) is 17.4 Å². The molecule has 2 amide bonds. The van der Waals surface area contributed by atoms with Gasteiger partial charge in [0.05, 0.1) is 7.11 Å². The Labute approximate surface area is 133 Å². The number of amides is 2. The van der Waals surface area contributed by atoms with Gasteiger partial charge in [-0.25, -0.2) is 18.4 Å². The topological polar surface area (TPSA) is 76.7 Å². The number of rotatable bonds is 4. The van der Waals surface area contributed by atoms with Crippen LogP contribution in [-0.4, -0.2) is 30.8 Å². The van der Waals surface area contributed by atoms with Crippen LogP contribution in [0.3, 0.4) is 0 Å². The quantitative estimate of drug-likeness (QED) is 0.832. The number of halogens is 2. The number of esters is 1. The van der Waals surface area contributed by atoms with Gasteiger partial charge >= 0.3 is 12.0 Å². The van der Waals surface area contributed by atoms with Crippen molar-refractivity contribution in [3.05, 3.63) is 23.8 Å². The van der Waals surface area contributed by atoms with E-state index in [1.54, 1.807) is 20.8 Å². The standard InChI is InChI=1S/C15H20F2N2O4/c1-8(13(20)23-15(2,3)4)18-14(21)19-9-6-10(16)12(22-5)11(17)7-9/h6-8H,1-5H3,(H2,18,19,21)/t8-/m0/s1. The maximum Gasteiger partial charge on any atom is 0.328 e. The zero-order chi connectivity index (χ0) is 17.8. The van der Waals surface area contributed by atoms with E-state index in [4.69, 9.17) is 4.74 Å². The molecule has 0 aromatic heterocycles. The fourth-order valence-electron chi connectivity index (χ4n) is 1.64. The second kappa shape index (κ2) is 7.26. The summed E-state index contributed by atoms with van der Waals surface area (Å²) in [7, 11) is 1.13. The number of urea groups is 1. The fraction of sp³-hybridized carbons (Fsp3) is 0.467. The lowest BCUT2D eigenvalue weighted by molar-refractivity contribution is -0.156. The van der Waals surface area contributed by atoms with Crippen molar-refractivity contribution in [3.8, 4) is 5.75 Å². The first kappa shape index (κ1) is 18.7. The molecule has 2 N–H and O–H groups in total. The molecule has 128 valence electrons.